The summed E-state index contributed by atoms with van der Waals surface area (Å²) in [5.41, 5.74) is 3.18. The number of hydrogen-bond acceptors (Lipinski definition) is 1. The van der Waals surface area contributed by atoms with Crippen LogP contribution in [0.25, 0.3) is 6.08 Å². The summed E-state index contributed by atoms with van der Waals surface area (Å²) in [7, 11) is 0. The SMILES string of the molecule is CC(/C=C\C1=CCCC1=O)=C\c1ccccc1. The van der Waals surface area contributed by atoms with E-state index in [9.17, 15) is 4.79 Å². The third kappa shape index (κ3) is 3.28. The van der Waals surface area contributed by atoms with Crippen molar-refractivity contribution in [3.8, 4) is 0 Å². The molecular weight excluding hydrogens is 208 g/mol. The lowest BCUT2D eigenvalue weighted by Crippen LogP contribution is -1.91. The van der Waals surface area contributed by atoms with Crippen molar-refractivity contribution in [2.75, 3.05) is 0 Å². The molecule has 0 bridgehead atoms. The monoisotopic (exact) mass is 224 g/mol. The molecule has 0 heterocycles. The summed E-state index contributed by atoms with van der Waals surface area (Å²) >= 11 is 0. The number of hydrogen-bond donors (Lipinski definition) is 0. The van der Waals surface area contributed by atoms with Gasteiger partial charge in [-0.05, 0) is 18.9 Å². The Morgan fingerprint density at radius 3 is 2.65 bits per heavy atom. The van der Waals surface area contributed by atoms with E-state index in [1.807, 2.05) is 43.4 Å². The Balaban J connectivity index is 2.07. The van der Waals surface area contributed by atoms with Crippen LogP contribution in [0.4, 0.5) is 0 Å². The fraction of sp³-hybridized carbons (Fsp3) is 0.188. The lowest BCUT2D eigenvalue weighted by molar-refractivity contribution is -0.114. The first-order chi connectivity index (χ1) is 8.25. The molecule has 0 aliphatic heterocycles. The van der Waals surface area contributed by atoms with Crippen LogP contribution in [0.15, 0.2) is 59.7 Å². The summed E-state index contributed by atoms with van der Waals surface area (Å²) in [6, 6.07) is 10.2. The molecule has 0 spiro atoms. The first kappa shape index (κ1) is 11.6. The van der Waals surface area contributed by atoms with E-state index in [-0.39, 0.29) is 5.78 Å². The minimum absolute atomic E-state index is 0.258. The standard InChI is InChI=1S/C16H16O/c1-13(12-14-6-3-2-4-7-14)10-11-15-8-5-9-16(15)17/h2-4,6-8,10-12H,5,9H2,1H3/b11-10-,13-12+. The van der Waals surface area contributed by atoms with Gasteiger partial charge in [-0.1, -0.05) is 60.2 Å². The maximum absolute atomic E-state index is 11.4. The van der Waals surface area contributed by atoms with E-state index in [0.717, 1.165) is 17.6 Å². The molecule has 0 saturated heterocycles. The predicted octanol–water partition coefficient (Wildman–Crippen LogP) is 3.94. The van der Waals surface area contributed by atoms with Gasteiger partial charge in [0.05, 0.1) is 0 Å². The third-order valence-corrected chi connectivity index (χ3v) is 2.78. The first-order valence-corrected chi connectivity index (χ1v) is 5.90. The second-order valence-electron chi connectivity index (χ2n) is 4.25. The highest BCUT2D eigenvalue weighted by Crippen LogP contribution is 2.16. The number of benzene rings is 1. The van der Waals surface area contributed by atoms with Crippen molar-refractivity contribution >= 4 is 11.9 Å². The van der Waals surface area contributed by atoms with Gasteiger partial charge in [0.2, 0.25) is 0 Å². The number of rotatable bonds is 3. The molecule has 0 N–H and O–H groups in total. The Kier molecular flexibility index (Phi) is 3.71. The van der Waals surface area contributed by atoms with Crippen LogP contribution in [-0.2, 0) is 4.79 Å². The molecule has 86 valence electrons. The van der Waals surface area contributed by atoms with E-state index in [0.29, 0.717) is 6.42 Å². The second-order valence-corrected chi connectivity index (χ2v) is 4.25. The van der Waals surface area contributed by atoms with Crippen LogP contribution in [0.2, 0.25) is 0 Å². The molecule has 2 rings (SSSR count). The van der Waals surface area contributed by atoms with Crippen molar-refractivity contribution in [3.63, 3.8) is 0 Å². The minimum Gasteiger partial charge on any atom is -0.294 e. The van der Waals surface area contributed by atoms with Crippen molar-refractivity contribution in [1.29, 1.82) is 0 Å². The summed E-state index contributed by atoms with van der Waals surface area (Å²) in [5.74, 6) is 0.258. The third-order valence-electron chi connectivity index (χ3n) is 2.78. The summed E-state index contributed by atoms with van der Waals surface area (Å²) in [6.07, 6.45) is 9.60. The van der Waals surface area contributed by atoms with Gasteiger partial charge in [0.1, 0.15) is 0 Å². The molecule has 0 radical (unpaired) electrons. The zero-order valence-corrected chi connectivity index (χ0v) is 10.0. The summed E-state index contributed by atoms with van der Waals surface area (Å²) in [5, 5.41) is 0. The van der Waals surface area contributed by atoms with Crippen molar-refractivity contribution < 1.29 is 4.79 Å². The van der Waals surface area contributed by atoms with Gasteiger partial charge in [-0.2, -0.15) is 0 Å². The molecule has 0 fully saturated rings. The van der Waals surface area contributed by atoms with Crippen LogP contribution < -0.4 is 0 Å². The lowest BCUT2D eigenvalue weighted by atomic mass is 10.1. The van der Waals surface area contributed by atoms with Crippen LogP contribution in [0.3, 0.4) is 0 Å². The molecule has 1 aliphatic carbocycles. The largest absolute Gasteiger partial charge is 0.294 e. The number of ketones is 1. The molecule has 1 aromatic carbocycles. The topological polar surface area (TPSA) is 17.1 Å². The van der Waals surface area contributed by atoms with Crippen molar-refractivity contribution in [2.24, 2.45) is 0 Å². The molecule has 1 aromatic rings. The zero-order valence-electron chi connectivity index (χ0n) is 10.0. The van der Waals surface area contributed by atoms with Crippen LogP contribution in [0, 0.1) is 0 Å². The average molecular weight is 224 g/mol. The van der Waals surface area contributed by atoms with Gasteiger partial charge >= 0.3 is 0 Å². The average Bonchev–Trinajstić information content (AvgIpc) is 2.74. The highest BCUT2D eigenvalue weighted by Gasteiger charge is 2.11. The molecule has 17 heavy (non-hydrogen) atoms. The van der Waals surface area contributed by atoms with Crippen LogP contribution >= 0.6 is 0 Å². The number of carbonyl (C=O) groups excluding carboxylic acids is 1. The summed E-state index contributed by atoms with van der Waals surface area (Å²) < 4.78 is 0. The van der Waals surface area contributed by atoms with E-state index >= 15 is 0 Å². The molecular formula is C16H16O. The van der Waals surface area contributed by atoms with E-state index in [1.54, 1.807) is 0 Å². The van der Waals surface area contributed by atoms with Gasteiger partial charge in [-0.15, -0.1) is 0 Å². The fourth-order valence-corrected chi connectivity index (χ4v) is 1.86. The Morgan fingerprint density at radius 2 is 2.00 bits per heavy atom. The van der Waals surface area contributed by atoms with Crippen molar-refractivity contribution in [1.82, 2.24) is 0 Å². The van der Waals surface area contributed by atoms with Crippen molar-refractivity contribution in [3.05, 3.63) is 65.3 Å². The van der Waals surface area contributed by atoms with Crippen molar-refractivity contribution in [2.45, 2.75) is 19.8 Å². The van der Waals surface area contributed by atoms with Gasteiger partial charge < -0.3 is 0 Å². The maximum atomic E-state index is 11.4. The smallest absolute Gasteiger partial charge is 0.162 e. The highest BCUT2D eigenvalue weighted by atomic mass is 16.1. The molecule has 1 aliphatic rings. The highest BCUT2D eigenvalue weighted by molar-refractivity contribution is 6.00. The molecule has 0 unspecified atom stereocenters. The van der Waals surface area contributed by atoms with Gasteiger partial charge in [0, 0.05) is 12.0 Å². The zero-order chi connectivity index (χ0) is 12.1. The second kappa shape index (κ2) is 5.44. The van der Waals surface area contributed by atoms with Gasteiger partial charge in [-0.3, -0.25) is 4.79 Å². The normalized spacial score (nSPS) is 16.6. The predicted molar refractivity (Wildman–Crippen MR) is 71.6 cm³/mol. The van der Waals surface area contributed by atoms with Crippen LogP contribution in [-0.4, -0.2) is 5.78 Å². The number of carbonyl (C=O) groups is 1. The Hall–Kier alpha value is -1.89. The molecule has 0 aromatic heterocycles. The van der Waals surface area contributed by atoms with E-state index in [1.165, 1.54) is 5.56 Å². The molecule has 1 nitrogen and oxygen atoms in total. The van der Waals surface area contributed by atoms with Crippen LogP contribution in [0.1, 0.15) is 25.3 Å². The van der Waals surface area contributed by atoms with Gasteiger partial charge in [-0.25, -0.2) is 0 Å². The number of Topliss-reactive ketones (excluding diaryl/α,β-unsaturated/α-hetero) is 1. The Bertz CT molecular complexity index is 490. The van der Waals surface area contributed by atoms with Crippen LogP contribution in [0.5, 0.6) is 0 Å². The first-order valence-electron chi connectivity index (χ1n) is 5.90. The molecule has 1 heteroatoms. The van der Waals surface area contributed by atoms with E-state index in [2.05, 4.69) is 18.2 Å². The van der Waals surface area contributed by atoms with Gasteiger partial charge in [0.25, 0.3) is 0 Å². The fourth-order valence-electron chi connectivity index (χ4n) is 1.86. The Labute approximate surface area is 102 Å². The minimum atomic E-state index is 0.258. The molecule has 0 saturated carbocycles. The Morgan fingerprint density at radius 1 is 1.24 bits per heavy atom. The van der Waals surface area contributed by atoms with Gasteiger partial charge in [0.15, 0.2) is 5.78 Å². The van der Waals surface area contributed by atoms with E-state index in [4.69, 9.17) is 0 Å². The molecule has 0 atom stereocenters. The van der Waals surface area contributed by atoms with E-state index < -0.39 is 0 Å². The number of allylic oxidation sites excluding steroid dienone is 5. The lowest BCUT2D eigenvalue weighted by Gasteiger charge is -1.95. The summed E-state index contributed by atoms with van der Waals surface area (Å²) in [6.45, 7) is 2.05. The maximum Gasteiger partial charge on any atom is 0.162 e. The summed E-state index contributed by atoms with van der Waals surface area (Å²) in [4.78, 5) is 11.4. The quantitative estimate of drug-likeness (QED) is 0.711. The molecule has 0 amide bonds.